The Morgan fingerprint density at radius 3 is 2.71 bits per heavy atom. The Labute approximate surface area is 84.7 Å². The third-order valence-electron chi connectivity index (χ3n) is 2.24. The highest BCUT2D eigenvalue weighted by Crippen LogP contribution is 2.00. The van der Waals surface area contributed by atoms with Gasteiger partial charge in [-0.1, -0.05) is 6.08 Å². The molecule has 14 heavy (non-hydrogen) atoms. The minimum absolute atomic E-state index is 0.0871. The molecule has 1 aromatic heterocycles. The lowest BCUT2D eigenvalue weighted by Gasteiger charge is -2.04. The molecule has 0 unspecified atom stereocenters. The Balaban J connectivity index is 2.70. The van der Waals surface area contributed by atoms with Gasteiger partial charge in [0.2, 0.25) is 0 Å². The predicted molar refractivity (Wildman–Crippen MR) is 58.5 cm³/mol. The maximum atomic E-state index is 11.7. The molecule has 0 aromatic carbocycles. The molecule has 1 rings (SSSR count). The fourth-order valence-electron chi connectivity index (χ4n) is 1.40. The standard InChI is InChI=1S/C11H18N2O/c1-4-5-6-7-12-8-9-13(10(2)3)11(12)14/h4,8-10H,1,5-7H2,2-3H3. The van der Waals surface area contributed by atoms with Crippen molar-refractivity contribution in [2.75, 3.05) is 0 Å². The van der Waals surface area contributed by atoms with Gasteiger partial charge in [0.25, 0.3) is 0 Å². The Hall–Kier alpha value is -1.25. The second-order valence-corrected chi connectivity index (χ2v) is 3.71. The normalized spacial score (nSPS) is 10.8. The SMILES string of the molecule is C=CCCCn1ccn(C(C)C)c1=O. The summed E-state index contributed by atoms with van der Waals surface area (Å²) < 4.78 is 3.50. The van der Waals surface area contributed by atoms with Gasteiger partial charge in [0, 0.05) is 25.0 Å². The first-order valence-electron chi connectivity index (χ1n) is 5.05. The molecule has 0 fully saturated rings. The van der Waals surface area contributed by atoms with Gasteiger partial charge in [-0.3, -0.25) is 9.13 Å². The number of allylic oxidation sites excluding steroid dienone is 1. The average molecular weight is 194 g/mol. The van der Waals surface area contributed by atoms with Crippen molar-refractivity contribution in [3.8, 4) is 0 Å². The summed E-state index contributed by atoms with van der Waals surface area (Å²) in [6.45, 7) is 8.46. The van der Waals surface area contributed by atoms with Crippen molar-refractivity contribution < 1.29 is 0 Å². The summed E-state index contributed by atoms with van der Waals surface area (Å²) in [5.41, 5.74) is 0.0871. The highest BCUT2D eigenvalue weighted by molar-refractivity contribution is 4.83. The second-order valence-electron chi connectivity index (χ2n) is 3.71. The predicted octanol–water partition coefficient (Wildman–Crippen LogP) is 2.20. The van der Waals surface area contributed by atoms with Crippen molar-refractivity contribution >= 4 is 0 Å². The minimum Gasteiger partial charge on any atom is -0.299 e. The zero-order chi connectivity index (χ0) is 10.6. The summed E-state index contributed by atoms with van der Waals surface area (Å²) in [6.07, 6.45) is 7.52. The van der Waals surface area contributed by atoms with Gasteiger partial charge < -0.3 is 0 Å². The van der Waals surface area contributed by atoms with E-state index in [0.717, 1.165) is 19.4 Å². The number of aryl methyl sites for hydroxylation is 1. The molecule has 0 atom stereocenters. The van der Waals surface area contributed by atoms with Crippen molar-refractivity contribution in [3.63, 3.8) is 0 Å². The molecule has 0 aliphatic carbocycles. The van der Waals surface area contributed by atoms with E-state index in [0.29, 0.717) is 0 Å². The van der Waals surface area contributed by atoms with Crippen LogP contribution in [0.1, 0.15) is 32.7 Å². The molecular formula is C11H18N2O. The summed E-state index contributed by atoms with van der Waals surface area (Å²) in [6, 6.07) is 0.239. The third kappa shape index (κ3) is 2.37. The van der Waals surface area contributed by atoms with Crippen LogP contribution in [0.4, 0.5) is 0 Å². The topological polar surface area (TPSA) is 26.9 Å². The van der Waals surface area contributed by atoms with Crippen LogP contribution in [0.3, 0.4) is 0 Å². The van der Waals surface area contributed by atoms with Crippen molar-refractivity contribution in [1.29, 1.82) is 0 Å². The fraction of sp³-hybridized carbons (Fsp3) is 0.545. The molecule has 1 heterocycles. The molecular weight excluding hydrogens is 176 g/mol. The van der Waals surface area contributed by atoms with E-state index in [1.165, 1.54) is 0 Å². The van der Waals surface area contributed by atoms with Crippen LogP contribution in [-0.4, -0.2) is 9.13 Å². The Morgan fingerprint density at radius 1 is 1.50 bits per heavy atom. The molecule has 0 aliphatic heterocycles. The van der Waals surface area contributed by atoms with Crippen LogP contribution in [0.25, 0.3) is 0 Å². The van der Waals surface area contributed by atoms with Gasteiger partial charge in [0.1, 0.15) is 0 Å². The van der Waals surface area contributed by atoms with E-state index in [1.807, 2.05) is 32.3 Å². The molecule has 0 saturated heterocycles. The van der Waals surface area contributed by atoms with Gasteiger partial charge in [-0.05, 0) is 26.7 Å². The van der Waals surface area contributed by atoms with Gasteiger partial charge in [-0.15, -0.1) is 6.58 Å². The van der Waals surface area contributed by atoms with Crippen molar-refractivity contribution in [1.82, 2.24) is 9.13 Å². The highest BCUT2D eigenvalue weighted by atomic mass is 16.1. The van der Waals surface area contributed by atoms with Gasteiger partial charge >= 0.3 is 5.69 Å². The van der Waals surface area contributed by atoms with Crippen molar-refractivity contribution in [2.45, 2.75) is 39.3 Å². The van der Waals surface area contributed by atoms with Crippen LogP contribution >= 0.6 is 0 Å². The lowest BCUT2D eigenvalue weighted by Crippen LogP contribution is -2.25. The number of unbranched alkanes of at least 4 members (excludes halogenated alkanes) is 1. The third-order valence-corrected chi connectivity index (χ3v) is 2.24. The number of nitrogens with zero attached hydrogens (tertiary/aromatic N) is 2. The van der Waals surface area contributed by atoms with Crippen LogP contribution in [0.15, 0.2) is 29.8 Å². The average Bonchev–Trinajstić information content (AvgIpc) is 2.48. The number of hydrogen-bond acceptors (Lipinski definition) is 1. The van der Waals surface area contributed by atoms with E-state index in [2.05, 4.69) is 6.58 Å². The monoisotopic (exact) mass is 194 g/mol. The molecule has 0 N–H and O–H groups in total. The molecule has 0 spiro atoms. The molecule has 0 radical (unpaired) electrons. The van der Waals surface area contributed by atoms with E-state index in [4.69, 9.17) is 0 Å². The van der Waals surface area contributed by atoms with Gasteiger partial charge in [0.15, 0.2) is 0 Å². The highest BCUT2D eigenvalue weighted by Gasteiger charge is 2.04. The molecule has 0 saturated carbocycles. The van der Waals surface area contributed by atoms with Crippen LogP contribution in [0.2, 0.25) is 0 Å². The maximum absolute atomic E-state index is 11.7. The smallest absolute Gasteiger partial charge is 0.299 e. The van der Waals surface area contributed by atoms with E-state index in [-0.39, 0.29) is 11.7 Å². The summed E-state index contributed by atoms with van der Waals surface area (Å²) >= 11 is 0. The maximum Gasteiger partial charge on any atom is 0.328 e. The van der Waals surface area contributed by atoms with Crippen LogP contribution < -0.4 is 5.69 Å². The van der Waals surface area contributed by atoms with Gasteiger partial charge in [-0.2, -0.15) is 0 Å². The van der Waals surface area contributed by atoms with E-state index in [1.54, 1.807) is 9.13 Å². The molecule has 0 bridgehead atoms. The largest absolute Gasteiger partial charge is 0.328 e. The number of hydrogen-bond donors (Lipinski definition) is 0. The molecule has 1 aromatic rings. The molecule has 0 aliphatic rings. The quantitative estimate of drug-likeness (QED) is 0.521. The molecule has 0 amide bonds. The lowest BCUT2D eigenvalue weighted by molar-refractivity contribution is 0.543. The molecule has 3 heteroatoms. The van der Waals surface area contributed by atoms with Gasteiger partial charge in [0.05, 0.1) is 0 Å². The van der Waals surface area contributed by atoms with Crippen molar-refractivity contribution in [3.05, 3.63) is 35.5 Å². The summed E-state index contributed by atoms with van der Waals surface area (Å²) in [4.78, 5) is 11.7. The lowest BCUT2D eigenvalue weighted by atomic mass is 10.3. The first-order chi connectivity index (χ1) is 6.66. The Bertz CT molecular complexity index is 346. The Kier molecular flexibility index (Phi) is 3.74. The second kappa shape index (κ2) is 4.84. The molecule has 78 valence electrons. The first-order valence-corrected chi connectivity index (χ1v) is 5.05. The van der Waals surface area contributed by atoms with E-state index in [9.17, 15) is 4.79 Å². The molecule has 3 nitrogen and oxygen atoms in total. The van der Waals surface area contributed by atoms with E-state index >= 15 is 0 Å². The first kappa shape index (κ1) is 10.8. The van der Waals surface area contributed by atoms with E-state index < -0.39 is 0 Å². The van der Waals surface area contributed by atoms with Crippen molar-refractivity contribution in [2.24, 2.45) is 0 Å². The number of aromatic nitrogens is 2. The summed E-state index contributed by atoms with van der Waals surface area (Å²) in [7, 11) is 0. The number of imidazole rings is 1. The summed E-state index contributed by atoms with van der Waals surface area (Å²) in [5.74, 6) is 0. The van der Waals surface area contributed by atoms with Gasteiger partial charge in [-0.25, -0.2) is 4.79 Å². The van der Waals surface area contributed by atoms with Crippen LogP contribution in [0.5, 0.6) is 0 Å². The number of rotatable bonds is 5. The van der Waals surface area contributed by atoms with Crippen LogP contribution in [-0.2, 0) is 6.54 Å². The zero-order valence-electron chi connectivity index (χ0n) is 8.94. The minimum atomic E-state index is 0.0871. The summed E-state index contributed by atoms with van der Waals surface area (Å²) in [5, 5.41) is 0. The Morgan fingerprint density at radius 2 is 2.21 bits per heavy atom. The zero-order valence-corrected chi connectivity index (χ0v) is 8.94. The van der Waals surface area contributed by atoms with Crippen LogP contribution in [0, 0.1) is 0 Å². The fourth-order valence-corrected chi connectivity index (χ4v) is 1.40.